The number of carboxylic acid groups (broad SMARTS) is 5. The van der Waals surface area contributed by atoms with Crippen molar-refractivity contribution in [3.8, 4) is 0 Å². The summed E-state index contributed by atoms with van der Waals surface area (Å²) in [5.41, 5.74) is 5.11. The molecule has 0 aliphatic carbocycles. The van der Waals surface area contributed by atoms with Gasteiger partial charge < -0.3 is 45.8 Å². The van der Waals surface area contributed by atoms with Gasteiger partial charge in [0, 0.05) is 45.6 Å². The van der Waals surface area contributed by atoms with Gasteiger partial charge in [0.05, 0.1) is 31.1 Å². The Balaban J connectivity index is -0.00000760. The Morgan fingerprint density at radius 1 is 0.595 bits per heavy atom. The number of unbranched alkanes of at least 4 members (excludes halogenated alkanes) is 7. The van der Waals surface area contributed by atoms with Crippen LogP contribution in [0.15, 0.2) is 0 Å². The molecule has 0 heterocycles. The van der Waals surface area contributed by atoms with E-state index in [1.54, 1.807) is 0 Å². The molecule has 0 aliphatic rings. The number of hydrogen-bond acceptors (Lipinski definition) is 11. The van der Waals surface area contributed by atoms with Crippen molar-refractivity contribution in [2.24, 2.45) is 5.73 Å². The van der Waals surface area contributed by atoms with Gasteiger partial charge in [0.2, 0.25) is 5.91 Å². The number of nitrogens with zero attached hydrogens (tertiary/aromatic N) is 3. The molecule has 0 saturated heterocycles. The minimum Gasteiger partial charge on any atom is -0.549 e. The number of carbonyl (C=O) groups is 6. The zero-order valence-electron chi connectivity index (χ0n) is 24.8. The third-order valence-electron chi connectivity index (χ3n) is 6.21. The molecule has 0 aromatic carbocycles. The Hall–Kier alpha value is -1.30. The van der Waals surface area contributed by atoms with Gasteiger partial charge in [-0.2, -0.15) is 0 Å². The van der Waals surface area contributed by atoms with E-state index in [2.05, 4.69) is 0 Å². The first-order valence-corrected chi connectivity index (χ1v) is 13.3. The third-order valence-corrected chi connectivity index (χ3v) is 6.21. The summed E-state index contributed by atoms with van der Waals surface area (Å²) in [4.78, 5) is 71.0. The monoisotopic (exact) mass is 620 g/mol. The summed E-state index contributed by atoms with van der Waals surface area (Å²) in [6.07, 6.45) is 6.42. The fraction of sp³-hybridized carbons (Fsp3) is 0.760. The summed E-state index contributed by atoms with van der Waals surface area (Å²) in [5.74, 6) is -7.36. The first-order chi connectivity index (χ1) is 18.8. The smallest absolute Gasteiger partial charge is 0.549 e. The zero-order chi connectivity index (χ0) is 30.5. The molecule has 1 amide bonds. The minimum absolute atomic E-state index is 0. The van der Waals surface area contributed by atoms with Crippen molar-refractivity contribution in [3.05, 3.63) is 0 Å². The van der Waals surface area contributed by atoms with E-state index < -0.39 is 67.9 Å². The molecular formula is C25H42N4Na2O11. The predicted molar refractivity (Wildman–Crippen MR) is 137 cm³/mol. The molecule has 1 atom stereocenters. The van der Waals surface area contributed by atoms with Crippen molar-refractivity contribution in [1.82, 2.24) is 14.7 Å². The molecule has 0 bridgehead atoms. The second-order valence-electron chi connectivity index (χ2n) is 9.66. The number of carbonyl (C=O) groups excluding carboxylic acids is 3. The minimum atomic E-state index is -1.66. The Kier molecular flexibility index (Phi) is 29.3. The first-order valence-electron chi connectivity index (χ1n) is 13.3. The van der Waals surface area contributed by atoms with Crippen LogP contribution >= 0.6 is 0 Å². The number of carboxylic acids is 5. The Morgan fingerprint density at radius 3 is 1.48 bits per heavy atom. The van der Waals surface area contributed by atoms with Crippen molar-refractivity contribution in [3.63, 3.8) is 0 Å². The summed E-state index contributed by atoms with van der Waals surface area (Å²) in [6, 6.07) is -1.58. The first kappa shape index (κ1) is 45.1. The average molecular weight is 621 g/mol. The number of nitrogens with two attached hydrogens (primary N) is 1. The molecule has 230 valence electrons. The maximum absolute atomic E-state index is 11.6. The SMILES string of the molecule is NC(=O)CC(C(=O)[O-])N(CCN(CCCCCCCCCCC(=O)O)CCN(CC(=O)O)CC(=O)O)CC(=O)[O-].[Na+].[Na+]. The Labute approximate surface area is 290 Å². The Bertz CT molecular complexity index is 820. The van der Waals surface area contributed by atoms with E-state index in [4.69, 9.17) is 21.1 Å². The second kappa shape index (κ2) is 27.3. The van der Waals surface area contributed by atoms with Crippen LogP contribution in [0.4, 0.5) is 0 Å². The fourth-order valence-electron chi connectivity index (χ4n) is 4.22. The number of rotatable bonds is 27. The predicted octanol–water partition coefficient (Wildman–Crippen LogP) is -8.59. The van der Waals surface area contributed by atoms with Crippen molar-refractivity contribution in [1.29, 1.82) is 0 Å². The van der Waals surface area contributed by atoms with Crippen LogP contribution < -0.4 is 75.1 Å². The molecule has 0 saturated carbocycles. The van der Waals surface area contributed by atoms with Gasteiger partial charge in [-0.3, -0.25) is 29.0 Å². The molecule has 0 aromatic rings. The molecule has 17 heteroatoms. The zero-order valence-corrected chi connectivity index (χ0v) is 28.8. The van der Waals surface area contributed by atoms with E-state index in [0.29, 0.717) is 13.0 Å². The van der Waals surface area contributed by atoms with Crippen molar-refractivity contribution < 1.29 is 113 Å². The largest absolute Gasteiger partial charge is 1.00 e. The van der Waals surface area contributed by atoms with E-state index in [1.165, 1.54) is 4.90 Å². The molecule has 0 radical (unpaired) electrons. The van der Waals surface area contributed by atoms with Gasteiger partial charge in [0.1, 0.15) is 0 Å². The topological polar surface area (TPSA) is 245 Å². The molecule has 0 rings (SSSR count). The van der Waals surface area contributed by atoms with Gasteiger partial charge in [-0.1, -0.05) is 38.5 Å². The molecule has 0 spiro atoms. The standard InChI is InChI=1S/C25H44N4O11.2Na/c26-20(30)15-19(25(39)40)29(18-24(37)38)14-13-27(11-12-28(16-22(33)34)17-23(35)36)10-8-6-4-2-1-3-5-7-9-21(31)32;;/h19H,1-18H2,(H2,26,30)(H,31,32)(H,33,34)(H,35,36)(H,37,38)(H,39,40);;/q;2*+1/p-2. The van der Waals surface area contributed by atoms with Crippen molar-refractivity contribution >= 4 is 35.8 Å². The van der Waals surface area contributed by atoms with Gasteiger partial charge in [-0.25, -0.2) is 0 Å². The molecule has 0 aliphatic heterocycles. The number of amides is 1. The molecule has 42 heavy (non-hydrogen) atoms. The second-order valence-corrected chi connectivity index (χ2v) is 9.66. The van der Waals surface area contributed by atoms with Crippen LogP contribution in [-0.4, -0.2) is 124 Å². The van der Waals surface area contributed by atoms with Crippen molar-refractivity contribution in [2.45, 2.75) is 70.3 Å². The van der Waals surface area contributed by atoms with Gasteiger partial charge >= 0.3 is 77.0 Å². The van der Waals surface area contributed by atoms with E-state index >= 15 is 0 Å². The van der Waals surface area contributed by atoms with Gasteiger partial charge in [-0.05, 0) is 19.4 Å². The number of aliphatic carboxylic acids is 5. The molecule has 0 aromatic heterocycles. The Morgan fingerprint density at radius 2 is 1.05 bits per heavy atom. The quantitative estimate of drug-likeness (QED) is 0.0492. The maximum atomic E-state index is 11.6. The molecule has 0 fully saturated rings. The molecule has 15 nitrogen and oxygen atoms in total. The summed E-state index contributed by atoms with van der Waals surface area (Å²) in [5, 5.41) is 49.6. The van der Waals surface area contributed by atoms with Crippen LogP contribution in [0, 0.1) is 0 Å². The average Bonchev–Trinajstić information content (AvgIpc) is 2.82. The van der Waals surface area contributed by atoms with E-state index in [-0.39, 0.29) is 91.7 Å². The van der Waals surface area contributed by atoms with Gasteiger partial charge in [-0.15, -0.1) is 0 Å². The van der Waals surface area contributed by atoms with Crippen LogP contribution in [0.3, 0.4) is 0 Å². The fourth-order valence-corrected chi connectivity index (χ4v) is 4.22. The maximum Gasteiger partial charge on any atom is 1.00 e. The molecule has 5 N–H and O–H groups in total. The summed E-state index contributed by atoms with van der Waals surface area (Å²) in [7, 11) is 0. The van der Waals surface area contributed by atoms with Crippen LogP contribution in [-0.2, 0) is 28.8 Å². The van der Waals surface area contributed by atoms with Crippen LogP contribution in [0.25, 0.3) is 0 Å². The molecule has 1 unspecified atom stereocenters. The van der Waals surface area contributed by atoms with Crippen LogP contribution in [0.5, 0.6) is 0 Å². The summed E-state index contributed by atoms with van der Waals surface area (Å²) >= 11 is 0. The number of primary amides is 1. The third kappa shape index (κ3) is 26.3. The number of hydrogen-bond donors (Lipinski definition) is 4. The van der Waals surface area contributed by atoms with Gasteiger partial charge in [0.15, 0.2) is 0 Å². The van der Waals surface area contributed by atoms with Crippen LogP contribution in [0.2, 0.25) is 0 Å². The normalized spacial score (nSPS) is 11.5. The van der Waals surface area contributed by atoms with Crippen LogP contribution in [0.1, 0.15) is 64.2 Å². The van der Waals surface area contributed by atoms with Gasteiger partial charge in [0.25, 0.3) is 0 Å². The molecular weight excluding hydrogens is 578 g/mol. The van der Waals surface area contributed by atoms with E-state index in [1.807, 2.05) is 4.90 Å². The summed E-state index contributed by atoms with van der Waals surface area (Å²) < 4.78 is 0. The van der Waals surface area contributed by atoms with E-state index in [9.17, 15) is 39.0 Å². The van der Waals surface area contributed by atoms with E-state index in [0.717, 1.165) is 49.8 Å². The summed E-state index contributed by atoms with van der Waals surface area (Å²) in [6.45, 7) is -0.908. The van der Waals surface area contributed by atoms with Crippen molar-refractivity contribution in [2.75, 3.05) is 52.4 Å².